The number of aromatic nitrogens is 2. The lowest BCUT2D eigenvalue weighted by molar-refractivity contribution is -0.119. The normalized spacial score (nSPS) is 16.7. The maximum atomic E-state index is 12.8. The minimum atomic E-state index is -0.558. The first-order valence-electron chi connectivity index (χ1n) is 10.2. The minimum absolute atomic E-state index is 0.135. The van der Waals surface area contributed by atoms with E-state index in [9.17, 15) is 9.59 Å². The van der Waals surface area contributed by atoms with Crippen molar-refractivity contribution in [3.8, 4) is 11.1 Å². The largest absolute Gasteiger partial charge is 0.444 e. The van der Waals surface area contributed by atoms with Gasteiger partial charge in [-0.15, -0.1) is 0 Å². The highest BCUT2D eigenvalue weighted by Gasteiger charge is 2.33. The van der Waals surface area contributed by atoms with Crippen LogP contribution in [-0.2, 0) is 9.53 Å². The van der Waals surface area contributed by atoms with Gasteiger partial charge in [-0.2, -0.15) is 0 Å². The molecule has 0 unspecified atom stereocenters. The van der Waals surface area contributed by atoms with Crippen LogP contribution in [0.4, 0.5) is 9.93 Å². The first-order chi connectivity index (χ1) is 14.6. The lowest BCUT2D eigenvalue weighted by Crippen LogP contribution is -2.36. The Kier molecular flexibility index (Phi) is 5.47. The smallest absolute Gasteiger partial charge is 0.410 e. The molecule has 31 heavy (non-hydrogen) atoms. The fourth-order valence-corrected chi connectivity index (χ4v) is 4.64. The Labute approximate surface area is 184 Å². The number of ether oxygens (including phenoxy) is 1. The van der Waals surface area contributed by atoms with E-state index in [0.717, 1.165) is 32.8 Å². The molecule has 1 aliphatic heterocycles. The molecule has 1 fully saturated rings. The molecule has 2 amide bonds. The Bertz CT molecular complexity index is 1120. The first kappa shape index (κ1) is 21.3. The zero-order valence-electron chi connectivity index (χ0n) is 18.3. The van der Waals surface area contributed by atoms with Gasteiger partial charge in [0.25, 0.3) is 0 Å². The molecule has 8 nitrogen and oxygen atoms in total. The summed E-state index contributed by atoms with van der Waals surface area (Å²) in [5, 5.41) is 7.51. The van der Waals surface area contributed by atoms with Gasteiger partial charge in [0, 0.05) is 24.2 Å². The molecule has 4 rings (SSSR count). The van der Waals surface area contributed by atoms with Crippen LogP contribution in [-0.4, -0.2) is 45.7 Å². The SMILES string of the molecule is Cc1noc(C)c1-c1cccc2sc(NC(=O)[C@H]3CCN(C(=O)OC(C)(C)C)C3)nc12. The Balaban J connectivity index is 1.49. The second-order valence-electron chi connectivity index (χ2n) is 8.77. The van der Waals surface area contributed by atoms with Crippen LogP contribution >= 0.6 is 11.3 Å². The van der Waals surface area contributed by atoms with Gasteiger partial charge in [-0.05, 0) is 47.1 Å². The summed E-state index contributed by atoms with van der Waals surface area (Å²) in [5.41, 5.74) is 2.91. The number of amides is 2. The standard InChI is InChI=1S/C22H26N4O4S/c1-12-17(13(2)30-25-12)15-7-6-8-16-18(15)23-20(31-16)24-19(27)14-9-10-26(11-14)21(28)29-22(3,4)5/h6-8,14H,9-11H2,1-5H3,(H,23,24,27)/t14-/m0/s1. The number of anilines is 1. The van der Waals surface area contributed by atoms with E-state index < -0.39 is 5.60 Å². The number of aryl methyl sites for hydroxylation is 2. The number of likely N-dealkylation sites (tertiary alicyclic amines) is 1. The highest BCUT2D eigenvalue weighted by atomic mass is 32.1. The van der Waals surface area contributed by atoms with E-state index in [0.29, 0.717) is 24.6 Å². The van der Waals surface area contributed by atoms with Crippen molar-refractivity contribution < 1.29 is 18.8 Å². The Morgan fingerprint density at radius 1 is 1.29 bits per heavy atom. The number of hydrogen-bond acceptors (Lipinski definition) is 7. The predicted molar refractivity (Wildman–Crippen MR) is 119 cm³/mol. The molecule has 2 aromatic heterocycles. The summed E-state index contributed by atoms with van der Waals surface area (Å²) >= 11 is 1.42. The maximum absolute atomic E-state index is 12.8. The zero-order valence-corrected chi connectivity index (χ0v) is 19.1. The van der Waals surface area contributed by atoms with Crippen molar-refractivity contribution in [2.75, 3.05) is 18.4 Å². The lowest BCUT2D eigenvalue weighted by atomic mass is 10.0. The number of nitrogens with one attached hydrogen (secondary N) is 1. The van der Waals surface area contributed by atoms with Crippen LogP contribution in [0, 0.1) is 19.8 Å². The summed E-state index contributed by atoms with van der Waals surface area (Å²) in [4.78, 5) is 31.3. The number of thiazole rings is 1. The summed E-state index contributed by atoms with van der Waals surface area (Å²) in [5.74, 6) is 0.308. The van der Waals surface area contributed by atoms with Crippen LogP contribution < -0.4 is 5.32 Å². The molecule has 1 saturated heterocycles. The lowest BCUT2D eigenvalue weighted by Gasteiger charge is -2.24. The molecule has 0 saturated carbocycles. The van der Waals surface area contributed by atoms with Crippen molar-refractivity contribution in [1.29, 1.82) is 0 Å². The van der Waals surface area contributed by atoms with Gasteiger partial charge in [-0.1, -0.05) is 28.6 Å². The van der Waals surface area contributed by atoms with Crippen molar-refractivity contribution in [2.24, 2.45) is 5.92 Å². The van der Waals surface area contributed by atoms with E-state index in [1.807, 2.05) is 52.8 Å². The average Bonchev–Trinajstić information content (AvgIpc) is 3.39. The van der Waals surface area contributed by atoms with Crippen LogP contribution in [0.15, 0.2) is 22.7 Å². The number of fused-ring (bicyclic) bond motifs is 1. The number of para-hydroxylation sites is 1. The van der Waals surface area contributed by atoms with Crippen molar-refractivity contribution in [1.82, 2.24) is 15.0 Å². The van der Waals surface area contributed by atoms with Crippen molar-refractivity contribution in [3.63, 3.8) is 0 Å². The fraction of sp³-hybridized carbons (Fsp3) is 0.455. The zero-order chi connectivity index (χ0) is 22.3. The predicted octanol–water partition coefficient (Wildman–Crippen LogP) is 4.76. The highest BCUT2D eigenvalue weighted by molar-refractivity contribution is 7.22. The third-order valence-electron chi connectivity index (χ3n) is 5.16. The van der Waals surface area contributed by atoms with E-state index in [1.165, 1.54) is 11.3 Å². The monoisotopic (exact) mass is 442 g/mol. The Hall–Kier alpha value is -2.94. The molecule has 3 aromatic rings. The number of nitrogens with zero attached hydrogens (tertiary/aromatic N) is 3. The third-order valence-corrected chi connectivity index (χ3v) is 6.10. The molecule has 0 spiro atoms. The van der Waals surface area contributed by atoms with Gasteiger partial charge in [0.1, 0.15) is 11.4 Å². The molecule has 1 aliphatic rings. The quantitative estimate of drug-likeness (QED) is 0.628. The second kappa shape index (κ2) is 7.96. The average molecular weight is 443 g/mol. The molecule has 164 valence electrons. The number of hydrogen-bond donors (Lipinski definition) is 1. The summed E-state index contributed by atoms with van der Waals surface area (Å²) in [6.45, 7) is 10.1. The summed E-state index contributed by atoms with van der Waals surface area (Å²) in [6.07, 6.45) is 0.215. The molecule has 1 atom stereocenters. The van der Waals surface area contributed by atoms with E-state index in [1.54, 1.807) is 4.90 Å². The molecular formula is C22H26N4O4S. The van der Waals surface area contributed by atoms with Crippen molar-refractivity contribution in [2.45, 2.75) is 46.6 Å². The molecular weight excluding hydrogens is 416 g/mol. The molecule has 1 aromatic carbocycles. The second-order valence-corrected chi connectivity index (χ2v) is 9.80. The Morgan fingerprint density at radius 2 is 2.06 bits per heavy atom. The third kappa shape index (κ3) is 4.41. The number of rotatable bonds is 3. The molecule has 9 heteroatoms. The van der Waals surface area contributed by atoms with Crippen LogP contribution in [0.1, 0.15) is 38.6 Å². The molecule has 1 N–H and O–H groups in total. The minimum Gasteiger partial charge on any atom is -0.444 e. The number of benzene rings is 1. The van der Waals surface area contributed by atoms with E-state index in [4.69, 9.17) is 9.26 Å². The van der Waals surface area contributed by atoms with Crippen molar-refractivity contribution >= 4 is 38.7 Å². The molecule has 3 heterocycles. The fourth-order valence-electron chi connectivity index (χ4n) is 3.75. The summed E-state index contributed by atoms with van der Waals surface area (Å²) < 4.78 is 11.7. The number of carbonyl (C=O) groups is 2. The molecule has 0 aliphatic carbocycles. The molecule has 0 radical (unpaired) electrons. The van der Waals surface area contributed by atoms with Crippen LogP contribution in [0.5, 0.6) is 0 Å². The van der Waals surface area contributed by atoms with Crippen LogP contribution in [0.25, 0.3) is 21.3 Å². The van der Waals surface area contributed by atoms with E-state index in [2.05, 4.69) is 15.5 Å². The van der Waals surface area contributed by atoms with Gasteiger partial charge in [0.2, 0.25) is 5.91 Å². The number of carbonyl (C=O) groups excluding carboxylic acids is 2. The topological polar surface area (TPSA) is 97.6 Å². The van der Waals surface area contributed by atoms with Gasteiger partial charge >= 0.3 is 6.09 Å². The van der Waals surface area contributed by atoms with Crippen molar-refractivity contribution in [3.05, 3.63) is 29.7 Å². The van der Waals surface area contributed by atoms with Crippen LogP contribution in [0.3, 0.4) is 0 Å². The van der Waals surface area contributed by atoms with Gasteiger partial charge < -0.3 is 19.5 Å². The van der Waals surface area contributed by atoms with E-state index in [-0.39, 0.29) is 17.9 Å². The van der Waals surface area contributed by atoms with Gasteiger partial charge in [0.05, 0.1) is 21.8 Å². The van der Waals surface area contributed by atoms with Gasteiger partial charge in [-0.3, -0.25) is 4.79 Å². The highest BCUT2D eigenvalue weighted by Crippen LogP contribution is 2.36. The van der Waals surface area contributed by atoms with E-state index >= 15 is 0 Å². The van der Waals surface area contributed by atoms with Gasteiger partial charge in [0.15, 0.2) is 5.13 Å². The van der Waals surface area contributed by atoms with Crippen LogP contribution in [0.2, 0.25) is 0 Å². The molecule has 0 bridgehead atoms. The maximum Gasteiger partial charge on any atom is 0.410 e. The summed E-state index contributed by atoms with van der Waals surface area (Å²) in [7, 11) is 0. The summed E-state index contributed by atoms with van der Waals surface area (Å²) in [6, 6.07) is 5.92. The first-order valence-corrected chi connectivity index (χ1v) is 11.1. The Morgan fingerprint density at radius 3 is 2.74 bits per heavy atom. The van der Waals surface area contributed by atoms with Gasteiger partial charge in [-0.25, -0.2) is 9.78 Å².